The molecule has 0 bridgehead atoms. The van der Waals surface area contributed by atoms with Crippen molar-refractivity contribution in [1.29, 1.82) is 0 Å². The van der Waals surface area contributed by atoms with Crippen LogP contribution in [0.4, 0.5) is 15.2 Å². The number of benzene rings is 1. The number of carbonyl (C=O) groups is 2. The molecule has 0 radical (unpaired) electrons. The fraction of sp³-hybridized carbons (Fsp3) is 0.231. The second-order valence-corrected chi connectivity index (χ2v) is 10.4. The van der Waals surface area contributed by atoms with Gasteiger partial charge in [-0.25, -0.2) is 13.8 Å². The van der Waals surface area contributed by atoms with Gasteiger partial charge in [0.25, 0.3) is 11.9 Å². The number of halogens is 1. The molecule has 1 amide bonds. The van der Waals surface area contributed by atoms with Gasteiger partial charge in [-0.1, -0.05) is 25.2 Å². The zero-order valence-electron chi connectivity index (χ0n) is 22.7. The summed E-state index contributed by atoms with van der Waals surface area (Å²) in [7, 11) is 0. The molecule has 0 aliphatic carbocycles. The van der Waals surface area contributed by atoms with Crippen LogP contribution in [0.15, 0.2) is 54.9 Å². The first kappa shape index (κ1) is 29.2. The number of amides is 1. The van der Waals surface area contributed by atoms with Crippen LogP contribution in [0, 0.1) is 21.8 Å². The van der Waals surface area contributed by atoms with E-state index in [1.807, 2.05) is 13.8 Å². The highest BCUT2D eigenvalue weighted by Crippen LogP contribution is 2.28. The van der Waals surface area contributed by atoms with Crippen molar-refractivity contribution in [2.45, 2.75) is 19.9 Å². The molecule has 0 saturated carbocycles. The summed E-state index contributed by atoms with van der Waals surface area (Å²) >= 11 is 0.712. The number of fused-ring (bicyclic) bond motifs is 1. The van der Waals surface area contributed by atoms with Gasteiger partial charge in [-0.2, -0.15) is 15.1 Å². The number of nitro groups is 1. The molecule has 17 heteroatoms. The number of aromatic nitrogens is 6. The van der Waals surface area contributed by atoms with Gasteiger partial charge < -0.3 is 20.5 Å². The Morgan fingerprint density at radius 3 is 2.60 bits per heavy atom. The molecule has 0 fully saturated rings. The van der Waals surface area contributed by atoms with E-state index in [1.165, 1.54) is 64.2 Å². The summed E-state index contributed by atoms with van der Waals surface area (Å²) in [4.78, 5) is 44.5. The maximum absolute atomic E-state index is 13.6. The van der Waals surface area contributed by atoms with Crippen molar-refractivity contribution in [3.8, 4) is 17.5 Å². The molecular weight excluding hydrogens is 585 g/mol. The lowest BCUT2D eigenvalue weighted by atomic mass is 10.1. The number of nitrogens with zero attached hydrogens (tertiary/aromatic N) is 7. The fourth-order valence-corrected chi connectivity index (χ4v) is 4.45. The number of ether oxygens (including phenoxy) is 2. The van der Waals surface area contributed by atoms with Crippen molar-refractivity contribution in [3.05, 3.63) is 75.7 Å². The molecule has 43 heavy (non-hydrogen) atoms. The second-order valence-electron chi connectivity index (χ2n) is 9.38. The van der Waals surface area contributed by atoms with E-state index in [4.69, 9.17) is 15.2 Å². The van der Waals surface area contributed by atoms with Crippen LogP contribution >= 0.6 is 11.3 Å². The predicted molar refractivity (Wildman–Crippen MR) is 152 cm³/mol. The minimum atomic E-state index is -0.737. The number of rotatable bonds is 11. The van der Waals surface area contributed by atoms with Gasteiger partial charge in [0.05, 0.1) is 27.1 Å². The molecule has 0 aliphatic rings. The van der Waals surface area contributed by atoms with E-state index in [9.17, 15) is 24.1 Å². The minimum absolute atomic E-state index is 0.0130. The zero-order chi connectivity index (χ0) is 30.7. The summed E-state index contributed by atoms with van der Waals surface area (Å²) in [5.41, 5.74) is 6.52. The molecule has 0 unspecified atom stereocenters. The lowest BCUT2D eigenvalue weighted by Gasteiger charge is -2.14. The van der Waals surface area contributed by atoms with Crippen LogP contribution in [0.2, 0.25) is 0 Å². The summed E-state index contributed by atoms with van der Waals surface area (Å²) in [5, 5.41) is 22.5. The largest absolute Gasteiger partial charge is 0.473 e. The van der Waals surface area contributed by atoms with Crippen LogP contribution in [-0.4, -0.2) is 65.6 Å². The van der Waals surface area contributed by atoms with Gasteiger partial charge in [0.1, 0.15) is 30.9 Å². The molecule has 0 aliphatic heterocycles. The summed E-state index contributed by atoms with van der Waals surface area (Å²) in [5.74, 6) is -1.41. The quantitative estimate of drug-likeness (QED) is 0.0965. The third-order valence-electron chi connectivity index (χ3n) is 6.05. The fourth-order valence-electron chi connectivity index (χ4n) is 3.73. The van der Waals surface area contributed by atoms with Crippen LogP contribution in [0.25, 0.3) is 22.7 Å². The topological polar surface area (TPSA) is 195 Å². The Kier molecular flexibility index (Phi) is 8.35. The Morgan fingerprint density at radius 1 is 1.14 bits per heavy atom. The highest BCUT2D eigenvalue weighted by atomic mass is 32.1. The molecule has 4 aromatic heterocycles. The molecule has 1 atom stereocenters. The Labute approximate surface area is 246 Å². The van der Waals surface area contributed by atoms with Crippen molar-refractivity contribution >= 4 is 45.1 Å². The molecule has 15 nitrogen and oxygen atoms in total. The number of nitrogens with two attached hydrogens (primary N) is 1. The number of hydrogen-bond acceptors (Lipinski definition) is 12. The number of anilines is 1. The first-order valence-corrected chi connectivity index (χ1v) is 13.6. The highest BCUT2D eigenvalue weighted by Gasteiger charge is 2.21. The van der Waals surface area contributed by atoms with Crippen LogP contribution in [0.5, 0.6) is 5.88 Å². The van der Waals surface area contributed by atoms with Gasteiger partial charge in [-0.15, -0.1) is 5.10 Å². The van der Waals surface area contributed by atoms with Gasteiger partial charge in [0, 0.05) is 18.3 Å². The van der Waals surface area contributed by atoms with Gasteiger partial charge in [0.15, 0.2) is 5.65 Å². The number of carbonyl (C=O) groups excluding carboxylic acids is 2. The normalized spacial score (nSPS) is 11.9. The third-order valence-corrected chi connectivity index (χ3v) is 7.09. The van der Waals surface area contributed by atoms with Crippen LogP contribution in [0.1, 0.15) is 23.5 Å². The first-order chi connectivity index (χ1) is 20.6. The maximum Gasteiger partial charge on any atom is 0.324 e. The second kappa shape index (κ2) is 12.3. The molecule has 5 aromatic rings. The Morgan fingerprint density at radius 2 is 1.91 bits per heavy atom. The zero-order valence-corrected chi connectivity index (χ0v) is 23.5. The average molecular weight is 610 g/mol. The molecule has 222 valence electrons. The van der Waals surface area contributed by atoms with Crippen LogP contribution < -0.4 is 15.8 Å². The molecule has 1 aromatic carbocycles. The van der Waals surface area contributed by atoms with Crippen LogP contribution in [-0.2, 0) is 9.53 Å². The molecule has 5 rings (SSSR count). The Bertz CT molecular complexity index is 1800. The molecule has 0 spiro atoms. The third kappa shape index (κ3) is 6.47. The van der Waals surface area contributed by atoms with Crippen LogP contribution in [0.3, 0.4) is 0 Å². The monoisotopic (exact) mass is 609 g/mol. The SMILES string of the molecule is CC(C)[C@H](N)C(=O)OCCOc1ccn(-c2nc(NC(=O)c3ccc([N+](=O)[O-])s3)c3cnn(-c4ccc(F)cc4)c3n2)n1. The van der Waals surface area contributed by atoms with E-state index in [2.05, 4.69) is 25.5 Å². The van der Waals surface area contributed by atoms with Gasteiger partial charge in [-0.05, 0) is 36.2 Å². The molecule has 4 heterocycles. The minimum Gasteiger partial charge on any atom is -0.473 e. The summed E-state index contributed by atoms with van der Waals surface area (Å²) < 4.78 is 27.0. The van der Waals surface area contributed by atoms with Gasteiger partial charge in [0.2, 0.25) is 5.88 Å². The van der Waals surface area contributed by atoms with Crippen molar-refractivity contribution in [2.24, 2.45) is 11.7 Å². The lowest BCUT2D eigenvalue weighted by Crippen LogP contribution is -2.37. The van der Waals surface area contributed by atoms with Crippen molar-refractivity contribution in [3.63, 3.8) is 0 Å². The van der Waals surface area contributed by atoms with Gasteiger partial charge in [-0.3, -0.25) is 19.7 Å². The van der Waals surface area contributed by atoms with E-state index < -0.39 is 28.7 Å². The maximum atomic E-state index is 13.6. The average Bonchev–Trinajstić information content (AvgIpc) is 3.75. The smallest absolute Gasteiger partial charge is 0.324 e. The molecule has 3 N–H and O–H groups in total. The standard InChI is InChI=1S/C26H24FN9O6S/c1-14(2)21(28)25(38)42-12-11-41-19-9-10-34(33-19)26-31-22(30-24(37)18-7-8-20(43-18)36(39)40)17-13-29-35(23(17)32-26)16-5-3-15(27)4-6-16/h3-10,13-14,21H,11-12,28H2,1-2H3,(H,30,31,32,37)/t21-/m0/s1. The van der Waals surface area contributed by atoms with E-state index >= 15 is 0 Å². The van der Waals surface area contributed by atoms with Crippen molar-refractivity contribution in [2.75, 3.05) is 18.5 Å². The molecular formula is C26H24FN9O6S. The van der Waals surface area contributed by atoms with E-state index in [1.54, 1.807) is 0 Å². The molecule has 0 saturated heterocycles. The lowest BCUT2D eigenvalue weighted by molar-refractivity contribution is -0.380. The van der Waals surface area contributed by atoms with E-state index in [0.29, 0.717) is 22.4 Å². The summed E-state index contributed by atoms with van der Waals surface area (Å²) in [6, 6.07) is 8.92. The Balaban J connectivity index is 1.42. The number of hydrogen-bond donors (Lipinski definition) is 2. The predicted octanol–water partition coefficient (Wildman–Crippen LogP) is 3.27. The van der Waals surface area contributed by atoms with E-state index in [-0.39, 0.29) is 52.3 Å². The number of esters is 1. The first-order valence-electron chi connectivity index (χ1n) is 12.8. The van der Waals surface area contributed by atoms with Crippen molar-refractivity contribution < 1.29 is 28.4 Å². The van der Waals surface area contributed by atoms with Crippen molar-refractivity contribution in [1.82, 2.24) is 29.5 Å². The summed E-state index contributed by atoms with van der Waals surface area (Å²) in [6.07, 6.45) is 2.95. The Hall–Kier alpha value is -5.29. The van der Waals surface area contributed by atoms with E-state index in [0.717, 1.165) is 0 Å². The number of thiophene rings is 1. The van der Waals surface area contributed by atoms with Gasteiger partial charge >= 0.3 is 11.0 Å². The summed E-state index contributed by atoms with van der Waals surface area (Å²) in [6.45, 7) is 3.60. The number of nitrogens with one attached hydrogen (secondary N) is 1. The highest BCUT2D eigenvalue weighted by molar-refractivity contribution is 7.17.